The highest BCUT2D eigenvalue weighted by molar-refractivity contribution is 7.92. The molecule has 4 nitrogen and oxygen atoms in total. The Morgan fingerprint density at radius 1 is 1.24 bits per heavy atom. The van der Waals surface area contributed by atoms with Crippen LogP contribution in [0.4, 0.5) is 0 Å². The zero-order chi connectivity index (χ0) is 12.9. The van der Waals surface area contributed by atoms with Crippen LogP contribution in [0.15, 0.2) is 35.2 Å². The van der Waals surface area contributed by atoms with Gasteiger partial charge < -0.3 is 4.74 Å². The summed E-state index contributed by atoms with van der Waals surface area (Å²) in [7, 11) is -3.65. The molecule has 0 aliphatic heterocycles. The molecule has 0 fully saturated rings. The summed E-state index contributed by atoms with van der Waals surface area (Å²) in [5, 5.41) is -1.12. The quantitative estimate of drug-likeness (QED) is 0.754. The minimum absolute atomic E-state index is 0.153. The Hall–Kier alpha value is -1.36. The lowest BCUT2D eigenvalue weighted by Gasteiger charge is -2.14. The Labute approximate surface area is 102 Å². The van der Waals surface area contributed by atoms with E-state index in [1.54, 1.807) is 32.0 Å². The van der Waals surface area contributed by atoms with Crippen LogP contribution in [0.5, 0.6) is 0 Å². The monoisotopic (exact) mass is 256 g/mol. The Morgan fingerprint density at radius 3 is 2.29 bits per heavy atom. The molecule has 5 heteroatoms. The van der Waals surface area contributed by atoms with Gasteiger partial charge >= 0.3 is 5.97 Å². The van der Waals surface area contributed by atoms with Crippen LogP contribution in [0.3, 0.4) is 0 Å². The van der Waals surface area contributed by atoms with Crippen molar-refractivity contribution in [3.8, 4) is 0 Å². The number of rotatable bonds is 5. The first-order chi connectivity index (χ1) is 8.04. The number of hydrogen-bond acceptors (Lipinski definition) is 4. The van der Waals surface area contributed by atoms with Gasteiger partial charge in [0.2, 0.25) is 0 Å². The molecule has 0 bridgehead atoms. The molecule has 0 unspecified atom stereocenters. The average Bonchev–Trinajstić information content (AvgIpc) is 2.31. The molecule has 0 saturated heterocycles. The third-order valence-electron chi connectivity index (χ3n) is 2.37. The maximum atomic E-state index is 12.2. The van der Waals surface area contributed by atoms with Crippen molar-refractivity contribution in [1.29, 1.82) is 0 Å². The second-order valence-corrected chi connectivity index (χ2v) is 5.64. The maximum Gasteiger partial charge on any atom is 0.324 e. The fourth-order valence-electron chi connectivity index (χ4n) is 1.52. The van der Waals surface area contributed by atoms with Gasteiger partial charge in [-0.15, -0.1) is 0 Å². The Morgan fingerprint density at radius 2 is 1.82 bits per heavy atom. The van der Waals surface area contributed by atoms with E-state index >= 15 is 0 Å². The van der Waals surface area contributed by atoms with Gasteiger partial charge in [0.15, 0.2) is 15.1 Å². The Kier molecular flexibility index (Phi) is 4.69. The lowest BCUT2D eigenvalue weighted by molar-refractivity contribution is -0.142. The predicted molar refractivity (Wildman–Crippen MR) is 64.3 cm³/mol. The summed E-state index contributed by atoms with van der Waals surface area (Å²) in [6, 6.07) is 7.95. The summed E-state index contributed by atoms with van der Waals surface area (Å²) in [6.07, 6.45) is 0.204. The standard InChI is InChI=1S/C12H16O4S/c1-3-11(12(13)16-4-2)17(14,15)10-8-6-5-7-9-10/h5-9,11H,3-4H2,1-2H3/t11-/m0/s1. The molecule has 17 heavy (non-hydrogen) atoms. The predicted octanol–water partition coefficient (Wildman–Crippen LogP) is 1.80. The number of carbonyl (C=O) groups is 1. The molecule has 0 heterocycles. The summed E-state index contributed by atoms with van der Waals surface area (Å²) in [4.78, 5) is 11.7. The molecule has 1 aromatic carbocycles. The first-order valence-corrected chi connectivity index (χ1v) is 7.04. The van der Waals surface area contributed by atoms with Crippen LogP contribution in [-0.2, 0) is 19.4 Å². The molecule has 0 aliphatic rings. The highest BCUT2D eigenvalue weighted by Gasteiger charge is 2.33. The van der Waals surface area contributed by atoms with Crippen molar-refractivity contribution < 1.29 is 17.9 Å². The number of benzene rings is 1. The lowest BCUT2D eigenvalue weighted by atomic mass is 10.3. The van der Waals surface area contributed by atoms with Crippen molar-refractivity contribution in [3.05, 3.63) is 30.3 Å². The van der Waals surface area contributed by atoms with E-state index in [2.05, 4.69) is 0 Å². The largest absolute Gasteiger partial charge is 0.465 e. The maximum absolute atomic E-state index is 12.2. The number of sulfone groups is 1. The molecular weight excluding hydrogens is 240 g/mol. The summed E-state index contributed by atoms with van der Waals surface area (Å²) in [5.41, 5.74) is 0. The van der Waals surface area contributed by atoms with Gasteiger partial charge in [0.1, 0.15) is 0 Å². The lowest BCUT2D eigenvalue weighted by Crippen LogP contribution is -2.31. The molecule has 0 amide bonds. The van der Waals surface area contributed by atoms with Gasteiger partial charge in [-0.3, -0.25) is 4.79 Å². The van der Waals surface area contributed by atoms with Crippen molar-refractivity contribution in [1.82, 2.24) is 0 Å². The van der Waals surface area contributed by atoms with Crippen LogP contribution in [0.2, 0.25) is 0 Å². The number of esters is 1. The molecule has 1 rings (SSSR count). The number of hydrogen-bond donors (Lipinski definition) is 0. The summed E-state index contributed by atoms with van der Waals surface area (Å²) < 4.78 is 29.1. The molecule has 0 saturated carbocycles. The Bertz CT molecular complexity index is 465. The second kappa shape index (κ2) is 5.82. The van der Waals surface area contributed by atoms with Gasteiger partial charge in [0, 0.05) is 0 Å². The van der Waals surface area contributed by atoms with Gasteiger partial charge in [-0.1, -0.05) is 25.1 Å². The fourth-order valence-corrected chi connectivity index (χ4v) is 3.15. The molecular formula is C12H16O4S. The second-order valence-electron chi connectivity index (χ2n) is 3.51. The summed E-state index contributed by atoms with van der Waals surface area (Å²) >= 11 is 0. The number of carbonyl (C=O) groups excluding carboxylic acids is 1. The molecule has 0 aromatic heterocycles. The van der Waals surface area contributed by atoms with Gasteiger partial charge in [-0.2, -0.15) is 0 Å². The van der Waals surface area contributed by atoms with Crippen LogP contribution in [0.1, 0.15) is 20.3 Å². The van der Waals surface area contributed by atoms with Crippen molar-refractivity contribution >= 4 is 15.8 Å². The van der Waals surface area contributed by atoms with Gasteiger partial charge in [-0.05, 0) is 25.5 Å². The van der Waals surface area contributed by atoms with Gasteiger partial charge in [0.05, 0.1) is 11.5 Å². The summed E-state index contributed by atoms with van der Waals surface area (Å²) in [5.74, 6) is -0.682. The van der Waals surface area contributed by atoms with E-state index in [-0.39, 0.29) is 17.9 Å². The van der Waals surface area contributed by atoms with E-state index in [0.717, 1.165) is 0 Å². The molecule has 0 spiro atoms. The van der Waals surface area contributed by atoms with Crippen LogP contribution in [0, 0.1) is 0 Å². The first kappa shape index (κ1) is 13.7. The zero-order valence-electron chi connectivity index (χ0n) is 9.92. The smallest absolute Gasteiger partial charge is 0.324 e. The van der Waals surface area contributed by atoms with Crippen LogP contribution in [0.25, 0.3) is 0 Å². The SMILES string of the molecule is CCOC(=O)[C@H](CC)S(=O)(=O)c1ccccc1. The normalized spacial score (nSPS) is 13.1. The minimum Gasteiger partial charge on any atom is -0.465 e. The molecule has 94 valence electrons. The third kappa shape index (κ3) is 3.06. The van der Waals surface area contributed by atoms with Gasteiger partial charge in [0.25, 0.3) is 0 Å². The summed E-state index contributed by atoms with van der Waals surface area (Å²) in [6.45, 7) is 3.49. The van der Waals surface area contributed by atoms with Crippen LogP contribution < -0.4 is 0 Å². The van der Waals surface area contributed by atoms with E-state index in [0.29, 0.717) is 0 Å². The van der Waals surface area contributed by atoms with Crippen molar-refractivity contribution in [2.45, 2.75) is 30.4 Å². The van der Waals surface area contributed by atoms with Crippen molar-refractivity contribution in [2.75, 3.05) is 6.61 Å². The molecule has 0 aliphatic carbocycles. The molecule has 0 N–H and O–H groups in total. The highest BCUT2D eigenvalue weighted by atomic mass is 32.2. The molecule has 0 radical (unpaired) electrons. The van der Waals surface area contributed by atoms with Crippen molar-refractivity contribution in [2.24, 2.45) is 0 Å². The van der Waals surface area contributed by atoms with Crippen LogP contribution in [-0.4, -0.2) is 26.2 Å². The van der Waals surface area contributed by atoms with Gasteiger partial charge in [-0.25, -0.2) is 8.42 Å². The Balaban J connectivity index is 3.07. The van der Waals surface area contributed by atoms with E-state index < -0.39 is 21.1 Å². The highest BCUT2D eigenvalue weighted by Crippen LogP contribution is 2.19. The van der Waals surface area contributed by atoms with Crippen LogP contribution >= 0.6 is 0 Å². The van der Waals surface area contributed by atoms with E-state index in [1.165, 1.54) is 12.1 Å². The van der Waals surface area contributed by atoms with Crippen molar-refractivity contribution in [3.63, 3.8) is 0 Å². The fraction of sp³-hybridized carbons (Fsp3) is 0.417. The van der Waals surface area contributed by atoms with E-state index in [9.17, 15) is 13.2 Å². The van der Waals surface area contributed by atoms with E-state index in [1.807, 2.05) is 0 Å². The third-order valence-corrected chi connectivity index (χ3v) is 4.57. The molecule has 1 atom stereocenters. The van der Waals surface area contributed by atoms with E-state index in [4.69, 9.17) is 4.74 Å². The number of ether oxygens (including phenoxy) is 1. The zero-order valence-corrected chi connectivity index (χ0v) is 10.7. The molecule has 1 aromatic rings. The first-order valence-electron chi connectivity index (χ1n) is 5.49. The minimum atomic E-state index is -3.65. The average molecular weight is 256 g/mol. The topological polar surface area (TPSA) is 60.4 Å².